The number of nitrogen functional groups attached to an aromatic ring is 1. The van der Waals surface area contributed by atoms with Crippen molar-refractivity contribution < 1.29 is 98.4 Å². The van der Waals surface area contributed by atoms with E-state index in [-0.39, 0.29) is 70.4 Å². The molecule has 2 rings (SSSR count). The van der Waals surface area contributed by atoms with Crippen molar-refractivity contribution in [2.75, 3.05) is 12.3 Å². The number of phosphoric ester groups is 1. The van der Waals surface area contributed by atoms with Crippen LogP contribution >= 0.6 is 7.82 Å². The number of aliphatic hydroxyl groups is 2. The third kappa shape index (κ3) is 6.74. The van der Waals surface area contributed by atoms with Crippen molar-refractivity contribution in [1.29, 1.82) is 0 Å². The van der Waals surface area contributed by atoms with Crippen LogP contribution in [0.5, 0.6) is 0 Å². The van der Waals surface area contributed by atoms with E-state index >= 15 is 0 Å². The summed E-state index contributed by atoms with van der Waals surface area (Å²) in [5.74, 6) is -0.0391. The standard InChI is InChI=1S/C9H14N3O8P.2Na.H2O/c10-5-1-2-12(9(15)11-5)8-7(14)6(13)4(20-8)3-19-21(16,17)18;;;/h1-2,4,6-8,13-14H,3H2,(H2,10,11,15)(H2,16,17,18);;;1H2/q;2*+1;/p-2/t4?,6?,7?,8-;;;/m1.../s1. The number of nitrogens with two attached hydrogens (primary N) is 1. The topological polar surface area (TPSA) is 215 Å². The number of anilines is 1. The van der Waals surface area contributed by atoms with E-state index in [1.54, 1.807) is 0 Å². The Kier molecular flexibility index (Phi) is 12.0. The average Bonchev–Trinajstić information content (AvgIpc) is 2.64. The van der Waals surface area contributed by atoms with Gasteiger partial charge in [0.2, 0.25) is 0 Å². The first-order valence-electron chi connectivity index (χ1n) is 5.72. The van der Waals surface area contributed by atoms with Gasteiger partial charge in [-0.1, -0.05) is 0 Å². The zero-order chi connectivity index (χ0) is 15.8. The number of phosphoric acid groups is 1. The maximum atomic E-state index is 11.6. The molecule has 0 saturated carbocycles. The Morgan fingerprint density at radius 3 is 2.46 bits per heavy atom. The maximum absolute atomic E-state index is 11.6. The van der Waals surface area contributed by atoms with Crippen molar-refractivity contribution in [2.24, 2.45) is 0 Å². The minimum absolute atomic E-state index is 0. The van der Waals surface area contributed by atoms with Gasteiger partial charge < -0.3 is 45.0 Å². The van der Waals surface area contributed by atoms with Gasteiger partial charge >= 0.3 is 64.8 Å². The molecule has 0 amide bonds. The molecule has 6 N–H and O–H groups in total. The summed E-state index contributed by atoms with van der Waals surface area (Å²) in [6.45, 7) is -0.782. The van der Waals surface area contributed by atoms with Crippen molar-refractivity contribution in [2.45, 2.75) is 24.5 Å². The molecule has 126 valence electrons. The smallest absolute Gasteiger partial charge is 0.790 e. The van der Waals surface area contributed by atoms with Crippen LogP contribution in [0.1, 0.15) is 6.23 Å². The van der Waals surface area contributed by atoms with Gasteiger partial charge in [0.25, 0.3) is 0 Å². The van der Waals surface area contributed by atoms with E-state index in [0.717, 1.165) is 4.57 Å². The van der Waals surface area contributed by atoms with Crippen LogP contribution in [0, 0.1) is 0 Å². The molecule has 0 spiro atoms. The van der Waals surface area contributed by atoms with Crippen molar-refractivity contribution in [3.05, 3.63) is 22.7 Å². The van der Waals surface area contributed by atoms with Crippen molar-refractivity contribution in [3.63, 3.8) is 0 Å². The van der Waals surface area contributed by atoms with Gasteiger partial charge in [0.15, 0.2) is 6.23 Å². The van der Waals surface area contributed by atoms with Gasteiger partial charge in [-0.05, 0) is 6.07 Å². The predicted molar refractivity (Wildman–Crippen MR) is 66.0 cm³/mol. The summed E-state index contributed by atoms with van der Waals surface area (Å²) in [7, 11) is -5.24. The summed E-state index contributed by atoms with van der Waals surface area (Å²) in [6.07, 6.45) is -4.51. The molecule has 3 unspecified atom stereocenters. The number of hydrogen-bond acceptors (Lipinski definition) is 10. The Bertz CT molecular complexity index is 627. The van der Waals surface area contributed by atoms with E-state index in [1.807, 2.05) is 0 Å². The molecule has 0 radical (unpaired) electrons. The molecule has 1 saturated heterocycles. The fraction of sp³-hybridized carbons (Fsp3) is 0.556. The zero-order valence-electron chi connectivity index (χ0n) is 12.9. The van der Waals surface area contributed by atoms with Crippen LogP contribution in [-0.2, 0) is 13.8 Å². The zero-order valence-corrected chi connectivity index (χ0v) is 17.8. The molecule has 2 heterocycles. The molecule has 15 heteroatoms. The van der Waals surface area contributed by atoms with Crippen LogP contribution < -0.4 is 80.3 Å². The van der Waals surface area contributed by atoms with E-state index in [2.05, 4.69) is 9.51 Å². The summed E-state index contributed by atoms with van der Waals surface area (Å²) in [4.78, 5) is 35.8. The van der Waals surface area contributed by atoms with E-state index in [4.69, 9.17) is 10.5 Å². The average molecular weight is 385 g/mol. The SMILES string of the molecule is Nc1ccn([C@@H]2OC(COP(=O)([O-])[O-])C(O)C2O)c(=O)n1.O.[Na+].[Na+]. The quantitative estimate of drug-likeness (QED) is 0.328. The maximum Gasteiger partial charge on any atom is 1.00 e. The first kappa shape index (κ1) is 26.9. The molecule has 4 atom stereocenters. The molecule has 0 aliphatic carbocycles. The number of nitrogens with zero attached hydrogens (tertiary/aromatic N) is 2. The van der Waals surface area contributed by atoms with Gasteiger partial charge in [-0.3, -0.25) is 4.57 Å². The Morgan fingerprint density at radius 2 is 1.96 bits per heavy atom. The second-order valence-electron chi connectivity index (χ2n) is 4.33. The fourth-order valence-corrected chi connectivity index (χ4v) is 2.21. The molecule has 1 fully saturated rings. The summed E-state index contributed by atoms with van der Waals surface area (Å²) in [5.41, 5.74) is 4.49. The Labute approximate surface area is 180 Å². The van der Waals surface area contributed by atoms with Crippen LogP contribution in [0.3, 0.4) is 0 Å². The van der Waals surface area contributed by atoms with Crippen LogP contribution in [0.15, 0.2) is 17.1 Å². The minimum Gasteiger partial charge on any atom is -0.790 e. The Hall–Kier alpha value is 0.630. The summed E-state index contributed by atoms with van der Waals surface area (Å²) in [6, 6.07) is 1.27. The monoisotopic (exact) mass is 385 g/mol. The van der Waals surface area contributed by atoms with Crippen LogP contribution in [-0.4, -0.2) is 50.2 Å². The number of hydrogen-bond donors (Lipinski definition) is 3. The van der Waals surface area contributed by atoms with Gasteiger partial charge in [-0.2, -0.15) is 4.98 Å². The molecule has 24 heavy (non-hydrogen) atoms. The molecule has 0 bridgehead atoms. The molecule has 1 aromatic heterocycles. The molecule has 0 aromatic carbocycles. The molecule has 1 aromatic rings. The molecular weight excluding hydrogens is 371 g/mol. The van der Waals surface area contributed by atoms with Crippen LogP contribution in [0.2, 0.25) is 0 Å². The third-order valence-electron chi connectivity index (χ3n) is 2.86. The first-order chi connectivity index (χ1) is 9.69. The van der Waals surface area contributed by atoms with Crippen molar-refractivity contribution >= 4 is 13.6 Å². The molecule has 12 nitrogen and oxygen atoms in total. The second-order valence-corrected chi connectivity index (χ2v) is 5.48. The van der Waals surface area contributed by atoms with Gasteiger partial charge in [0, 0.05) is 6.20 Å². The summed E-state index contributed by atoms with van der Waals surface area (Å²) < 4.78 is 20.4. The number of aliphatic hydroxyl groups excluding tert-OH is 2. The van der Waals surface area contributed by atoms with E-state index in [9.17, 15) is 29.4 Å². The summed E-state index contributed by atoms with van der Waals surface area (Å²) >= 11 is 0. The largest absolute Gasteiger partial charge is 1.00 e. The van der Waals surface area contributed by atoms with Gasteiger partial charge in [0.1, 0.15) is 24.1 Å². The second kappa shape index (κ2) is 10.7. The molecular formula is C9H14N3Na2O9P. The van der Waals surface area contributed by atoms with Crippen molar-refractivity contribution in [1.82, 2.24) is 9.55 Å². The van der Waals surface area contributed by atoms with Gasteiger partial charge in [-0.15, -0.1) is 0 Å². The minimum atomic E-state index is -5.24. The number of ether oxygens (including phenoxy) is 1. The molecule has 1 aliphatic heterocycles. The van der Waals surface area contributed by atoms with E-state index < -0.39 is 44.7 Å². The first-order valence-corrected chi connectivity index (χ1v) is 7.18. The summed E-state index contributed by atoms with van der Waals surface area (Å²) in [5, 5.41) is 19.6. The van der Waals surface area contributed by atoms with Crippen LogP contribution in [0.25, 0.3) is 0 Å². The Morgan fingerprint density at radius 1 is 1.38 bits per heavy atom. The van der Waals surface area contributed by atoms with E-state index in [0.29, 0.717) is 0 Å². The van der Waals surface area contributed by atoms with Crippen LogP contribution in [0.4, 0.5) is 5.82 Å². The predicted octanol–water partition coefficient (Wildman–Crippen LogP) is -10.5. The van der Waals surface area contributed by atoms with Gasteiger partial charge in [-0.25, -0.2) is 4.79 Å². The number of rotatable bonds is 4. The fourth-order valence-electron chi connectivity index (χ4n) is 1.88. The third-order valence-corrected chi connectivity index (χ3v) is 3.33. The normalized spacial score (nSPS) is 26.0. The van der Waals surface area contributed by atoms with E-state index in [1.165, 1.54) is 12.3 Å². The number of aromatic nitrogens is 2. The van der Waals surface area contributed by atoms with Crippen molar-refractivity contribution in [3.8, 4) is 0 Å². The molecule has 1 aliphatic rings. The Balaban J connectivity index is 0. The van der Waals surface area contributed by atoms with Gasteiger partial charge in [0.05, 0.1) is 14.4 Å².